The molecule has 6 nitrogen and oxygen atoms in total. The Morgan fingerprint density at radius 3 is 2.84 bits per heavy atom. The Hall–Kier alpha value is -1.94. The molecule has 3 aromatic rings. The number of benzene rings is 2. The summed E-state index contributed by atoms with van der Waals surface area (Å²) in [5.41, 5.74) is 1.89. The number of ether oxygens (including phenoxy) is 1. The van der Waals surface area contributed by atoms with Gasteiger partial charge in [-0.25, -0.2) is 4.98 Å². The average molecular weight is 539 g/mol. The first-order valence-corrected chi connectivity index (χ1v) is 12.4. The topological polar surface area (TPSA) is 73.2 Å². The zero-order valence-electron chi connectivity index (χ0n) is 16.4. The van der Waals surface area contributed by atoms with Crippen molar-refractivity contribution in [3.05, 3.63) is 68.0 Å². The molecule has 0 unspecified atom stereocenters. The van der Waals surface area contributed by atoms with Gasteiger partial charge in [0.2, 0.25) is 5.91 Å². The van der Waals surface area contributed by atoms with Gasteiger partial charge in [0.05, 0.1) is 34.8 Å². The first-order valence-electron chi connectivity index (χ1n) is 9.27. The standard InChI is InChI=1S/C21H17BrClN3O3S2/c1-29-17-7-4-13(23)10-16(17)24-18(27)11-31-21-25-15-8-9-30-19(15)20(28)26(21)14-5-2-12(22)3-6-14/h2-7,10H,8-9,11H2,1H3,(H,24,27). The van der Waals surface area contributed by atoms with Gasteiger partial charge < -0.3 is 10.1 Å². The second-order valence-electron chi connectivity index (χ2n) is 6.57. The molecule has 1 N–H and O–H groups in total. The molecule has 0 atom stereocenters. The Balaban J connectivity index is 1.60. The van der Waals surface area contributed by atoms with Crippen LogP contribution in [0.25, 0.3) is 5.69 Å². The molecule has 10 heteroatoms. The Labute approximate surface area is 200 Å². The maximum atomic E-state index is 13.2. The Morgan fingerprint density at radius 1 is 1.32 bits per heavy atom. The van der Waals surface area contributed by atoms with Crippen LogP contribution >= 0.6 is 51.1 Å². The van der Waals surface area contributed by atoms with Crippen molar-refractivity contribution in [2.75, 3.05) is 23.9 Å². The molecular weight excluding hydrogens is 522 g/mol. The van der Waals surface area contributed by atoms with Crippen LogP contribution in [-0.2, 0) is 11.2 Å². The monoisotopic (exact) mass is 537 g/mol. The summed E-state index contributed by atoms with van der Waals surface area (Å²) in [6.07, 6.45) is 0.746. The molecule has 0 bridgehead atoms. The summed E-state index contributed by atoms with van der Waals surface area (Å²) >= 11 is 12.2. The normalized spacial score (nSPS) is 12.5. The third-order valence-electron chi connectivity index (χ3n) is 4.52. The summed E-state index contributed by atoms with van der Waals surface area (Å²) in [6.45, 7) is 0. The van der Waals surface area contributed by atoms with E-state index in [0.29, 0.717) is 32.2 Å². The van der Waals surface area contributed by atoms with Crippen LogP contribution in [0.5, 0.6) is 5.75 Å². The van der Waals surface area contributed by atoms with Crippen LogP contribution in [-0.4, -0.2) is 34.1 Å². The van der Waals surface area contributed by atoms with Crippen LogP contribution in [0.15, 0.2) is 61.8 Å². The van der Waals surface area contributed by atoms with Gasteiger partial charge in [0, 0.05) is 21.7 Å². The quantitative estimate of drug-likeness (QED) is 0.350. The Morgan fingerprint density at radius 2 is 2.10 bits per heavy atom. The van der Waals surface area contributed by atoms with Gasteiger partial charge >= 0.3 is 0 Å². The highest BCUT2D eigenvalue weighted by Gasteiger charge is 2.23. The van der Waals surface area contributed by atoms with E-state index in [1.807, 2.05) is 24.3 Å². The van der Waals surface area contributed by atoms with Crippen molar-refractivity contribution in [2.24, 2.45) is 0 Å². The van der Waals surface area contributed by atoms with E-state index in [9.17, 15) is 9.59 Å². The highest BCUT2D eigenvalue weighted by molar-refractivity contribution is 9.10. The van der Waals surface area contributed by atoms with Gasteiger partial charge in [-0.3, -0.25) is 14.2 Å². The van der Waals surface area contributed by atoms with E-state index < -0.39 is 0 Å². The SMILES string of the molecule is COc1ccc(Cl)cc1NC(=O)CSc1nc2c(c(=O)n1-c1ccc(Br)cc1)SCC2. The van der Waals surface area contributed by atoms with E-state index in [4.69, 9.17) is 21.3 Å². The lowest BCUT2D eigenvalue weighted by Gasteiger charge is -2.14. The fourth-order valence-electron chi connectivity index (χ4n) is 3.10. The fraction of sp³-hybridized carbons (Fsp3) is 0.190. The van der Waals surface area contributed by atoms with Crippen molar-refractivity contribution >= 4 is 62.6 Å². The third kappa shape index (κ3) is 4.95. The molecule has 0 radical (unpaired) electrons. The maximum absolute atomic E-state index is 13.2. The molecule has 0 aliphatic carbocycles. The van der Waals surface area contributed by atoms with Crippen LogP contribution in [0.4, 0.5) is 5.69 Å². The summed E-state index contributed by atoms with van der Waals surface area (Å²) in [5.74, 6) is 1.17. The lowest BCUT2D eigenvalue weighted by atomic mass is 10.3. The lowest BCUT2D eigenvalue weighted by molar-refractivity contribution is -0.113. The van der Waals surface area contributed by atoms with Crippen molar-refractivity contribution in [2.45, 2.75) is 16.5 Å². The van der Waals surface area contributed by atoms with Crippen LogP contribution in [0.2, 0.25) is 5.02 Å². The van der Waals surface area contributed by atoms with Crippen molar-refractivity contribution in [1.29, 1.82) is 0 Å². The van der Waals surface area contributed by atoms with Crippen LogP contribution < -0.4 is 15.6 Å². The van der Waals surface area contributed by atoms with Gasteiger partial charge in [0.25, 0.3) is 5.56 Å². The number of methoxy groups -OCH3 is 1. The molecule has 2 aromatic carbocycles. The van der Waals surface area contributed by atoms with Crippen molar-refractivity contribution in [1.82, 2.24) is 9.55 Å². The number of carbonyl (C=O) groups excluding carboxylic acids is 1. The molecule has 1 aliphatic rings. The molecule has 31 heavy (non-hydrogen) atoms. The smallest absolute Gasteiger partial charge is 0.272 e. The molecule has 4 rings (SSSR count). The number of thioether (sulfide) groups is 2. The molecule has 0 saturated carbocycles. The van der Waals surface area contributed by atoms with Gasteiger partial charge in [-0.2, -0.15) is 0 Å². The van der Waals surface area contributed by atoms with Crippen molar-refractivity contribution < 1.29 is 9.53 Å². The number of nitrogens with zero attached hydrogens (tertiary/aromatic N) is 2. The van der Waals surface area contributed by atoms with Gasteiger partial charge in [-0.15, -0.1) is 11.8 Å². The molecule has 160 valence electrons. The zero-order chi connectivity index (χ0) is 22.0. The van der Waals surface area contributed by atoms with Gasteiger partial charge in [0.15, 0.2) is 5.16 Å². The summed E-state index contributed by atoms with van der Waals surface area (Å²) in [5, 5.41) is 3.79. The minimum atomic E-state index is -0.253. The highest BCUT2D eigenvalue weighted by Crippen LogP contribution is 2.31. The number of hydrogen-bond acceptors (Lipinski definition) is 6. The second kappa shape index (κ2) is 9.68. The van der Waals surface area contributed by atoms with Crippen molar-refractivity contribution in [3.63, 3.8) is 0 Å². The van der Waals surface area contributed by atoms with E-state index in [1.54, 1.807) is 22.8 Å². The molecule has 0 fully saturated rings. The first-order chi connectivity index (χ1) is 15.0. The summed E-state index contributed by atoms with van der Waals surface area (Å²) in [4.78, 5) is 31.2. The number of amides is 1. The Bertz CT molecular complexity index is 1200. The molecule has 1 aromatic heterocycles. The number of fused-ring (bicyclic) bond motifs is 1. The zero-order valence-corrected chi connectivity index (χ0v) is 20.3. The van der Waals surface area contributed by atoms with Gasteiger partial charge in [-0.05, 0) is 42.5 Å². The molecule has 1 aliphatic heterocycles. The van der Waals surface area contributed by atoms with Crippen LogP contribution in [0.1, 0.15) is 5.69 Å². The number of aromatic nitrogens is 2. The van der Waals surface area contributed by atoms with E-state index in [2.05, 4.69) is 21.2 Å². The number of rotatable bonds is 6. The fourth-order valence-corrected chi connectivity index (χ4v) is 5.39. The van der Waals surface area contributed by atoms with Crippen molar-refractivity contribution in [3.8, 4) is 11.4 Å². The maximum Gasteiger partial charge on any atom is 0.272 e. The number of carbonyl (C=O) groups is 1. The first kappa shape index (κ1) is 22.3. The van der Waals surface area contributed by atoms with Gasteiger partial charge in [0.1, 0.15) is 5.75 Å². The predicted octanol–water partition coefficient (Wildman–Crippen LogP) is 5.04. The number of hydrogen-bond donors (Lipinski definition) is 1. The highest BCUT2D eigenvalue weighted by atomic mass is 79.9. The molecule has 1 amide bonds. The molecule has 0 spiro atoms. The number of anilines is 1. The van der Waals surface area contributed by atoms with E-state index in [1.165, 1.54) is 30.6 Å². The van der Waals surface area contributed by atoms with Crippen LogP contribution in [0, 0.1) is 0 Å². The molecule has 0 saturated heterocycles. The summed E-state index contributed by atoms with van der Waals surface area (Å²) < 4.78 is 7.76. The predicted molar refractivity (Wildman–Crippen MR) is 129 cm³/mol. The van der Waals surface area contributed by atoms with Gasteiger partial charge in [-0.1, -0.05) is 39.3 Å². The number of aryl methyl sites for hydroxylation is 1. The minimum Gasteiger partial charge on any atom is -0.495 e. The largest absolute Gasteiger partial charge is 0.495 e. The van der Waals surface area contributed by atoms with Crippen LogP contribution in [0.3, 0.4) is 0 Å². The van der Waals surface area contributed by atoms with E-state index in [0.717, 1.165) is 22.3 Å². The number of halogens is 2. The average Bonchev–Trinajstić information content (AvgIpc) is 3.22. The lowest BCUT2D eigenvalue weighted by Crippen LogP contribution is -2.24. The molecule has 2 heterocycles. The number of nitrogens with one attached hydrogen (secondary N) is 1. The third-order valence-corrected chi connectivity index (χ3v) is 7.33. The second-order valence-corrected chi connectivity index (χ2v) is 9.97. The summed E-state index contributed by atoms with van der Waals surface area (Å²) in [7, 11) is 1.52. The van der Waals surface area contributed by atoms with E-state index in [-0.39, 0.29) is 17.2 Å². The molecular formula is C21H17BrClN3O3S2. The van der Waals surface area contributed by atoms with E-state index >= 15 is 0 Å². The Kier molecular flexibility index (Phi) is 6.95. The minimum absolute atomic E-state index is 0.0740. The summed E-state index contributed by atoms with van der Waals surface area (Å²) in [6, 6.07) is 12.4.